The lowest BCUT2D eigenvalue weighted by atomic mass is 10.2. The Morgan fingerprint density at radius 3 is 2.78 bits per heavy atom. The molecule has 9 heteroatoms. The third kappa shape index (κ3) is 3.28. The van der Waals surface area contributed by atoms with Crippen molar-refractivity contribution < 1.29 is 4.74 Å². The second-order valence-electron chi connectivity index (χ2n) is 5.83. The molecule has 8 nitrogen and oxygen atoms in total. The first kappa shape index (κ1) is 17.2. The van der Waals surface area contributed by atoms with Crippen molar-refractivity contribution in [1.29, 1.82) is 0 Å². The number of methoxy groups -OCH3 is 1. The molecule has 0 fully saturated rings. The van der Waals surface area contributed by atoms with Crippen LogP contribution in [-0.4, -0.2) is 31.2 Å². The minimum absolute atomic E-state index is 0.284. The van der Waals surface area contributed by atoms with Gasteiger partial charge in [-0.05, 0) is 35.0 Å². The van der Waals surface area contributed by atoms with Gasteiger partial charge in [0, 0.05) is 25.2 Å². The molecule has 0 aliphatic carbocycles. The Hall–Kier alpha value is -3.20. The van der Waals surface area contributed by atoms with Crippen LogP contribution in [0.4, 0.5) is 5.69 Å². The number of nitroso groups, excluding NO2 is 1. The molecule has 4 rings (SSSR count). The standard InChI is InChI=1S/C18H16N6O2S/c1-23-11-19-15-16(23)20-18(21-17(15)24-7-3-4-8-24)27-10-12-5-6-14(26-2)13(9-12)22-25/h3-9,11H,10H2,1-2H3. The number of hydrogen-bond donors (Lipinski definition) is 0. The number of aryl methyl sites for hydroxylation is 1. The fourth-order valence-electron chi connectivity index (χ4n) is 2.74. The van der Waals surface area contributed by atoms with Crippen molar-refractivity contribution in [3.8, 4) is 11.6 Å². The van der Waals surface area contributed by atoms with E-state index in [1.165, 1.54) is 18.9 Å². The van der Waals surface area contributed by atoms with E-state index < -0.39 is 0 Å². The molecule has 0 amide bonds. The summed E-state index contributed by atoms with van der Waals surface area (Å²) < 4.78 is 8.92. The normalized spacial score (nSPS) is 11.0. The second kappa shape index (κ2) is 7.20. The van der Waals surface area contributed by atoms with Gasteiger partial charge in [-0.2, -0.15) is 0 Å². The predicted molar refractivity (Wildman–Crippen MR) is 104 cm³/mol. The molecule has 0 atom stereocenters. The zero-order chi connectivity index (χ0) is 18.8. The summed E-state index contributed by atoms with van der Waals surface area (Å²) in [6, 6.07) is 9.23. The Kier molecular flexibility index (Phi) is 4.59. The summed E-state index contributed by atoms with van der Waals surface area (Å²) in [5, 5.41) is 3.65. The van der Waals surface area contributed by atoms with E-state index in [-0.39, 0.29) is 5.69 Å². The van der Waals surface area contributed by atoms with Crippen molar-refractivity contribution in [1.82, 2.24) is 24.1 Å². The molecule has 0 aliphatic rings. The molecule has 0 saturated heterocycles. The SMILES string of the molecule is COc1ccc(CSc2nc(-n3cccc3)c3ncn(C)c3n2)cc1N=O. The van der Waals surface area contributed by atoms with E-state index in [0.717, 1.165) is 22.5 Å². The van der Waals surface area contributed by atoms with Crippen LogP contribution in [0.25, 0.3) is 17.0 Å². The van der Waals surface area contributed by atoms with Gasteiger partial charge in [0.15, 0.2) is 22.1 Å². The number of nitrogens with zero attached hydrogens (tertiary/aromatic N) is 6. The van der Waals surface area contributed by atoms with Gasteiger partial charge in [0.05, 0.1) is 13.4 Å². The molecular formula is C18H16N6O2S. The van der Waals surface area contributed by atoms with E-state index in [9.17, 15) is 4.91 Å². The number of aromatic nitrogens is 5. The predicted octanol–water partition coefficient (Wildman–Crippen LogP) is 3.85. The van der Waals surface area contributed by atoms with E-state index in [2.05, 4.69) is 20.1 Å². The molecule has 0 aliphatic heterocycles. The summed E-state index contributed by atoms with van der Waals surface area (Å²) in [4.78, 5) is 24.7. The van der Waals surface area contributed by atoms with Gasteiger partial charge in [-0.3, -0.25) is 0 Å². The summed E-state index contributed by atoms with van der Waals surface area (Å²) in [5.74, 6) is 1.79. The van der Waals surface area contributed by atoms with Gasteiger partial charge < -0.3 is 13.9 Å². The van der Waals surface area contributed by atoms with Crippen molar-refractivity contribution in [3.05, 3.63) is 59.5 Å². The van der Waals surface area contributed by atoms with Crippen LogP contribution in [0.5, 0.6) is 5.75 Å². The summed E-state index contributed by atoms with van der Waals surface area (Å²) >= 11 is 1.48. The maximum atomic E-state index is 11.0. The number of fused-ring (bicyclic) bond motifs is 1. The number of benzene rings is 1. The molecule has 0 spiro atoms. The highest BCUT2D eigenvalue weighted by atomic mass is 32.2. The smallest absolute Gasteiger partial charge is 0.192 e. The lowest BCUT2D eigenvalue weighted by Gasteiger charge is -2.08. The van der Waals surface area contributed by atoms with Crippen LogP contribution in [-0.2, 0) is 12.8 Å². The molecule has 0 N–H and O–H groups in total. The van der Waals surface area contributed by atoms with Gasteiger partial charge in [0.2, 0.25) is 0 Å². The van der Waals surface area contributed by atoms with Crippen LogP contribution in [0.2, 0.25) is 0 Å². The first-order chi connectivity index (χ1) is 13.2. The van der Waals surface area contributed by atoms with Crippen LogP contribution < -0.4 is 4.74 Å². The largest absolute Gasteiger partial charge is 0.494 e. The minimum Gasteiger partial charge on any atom is -0.494 e. The molecule has 27 heavy (non-hydrogen) atoms. The van der Waals surface area contributed by atoms with Crippen molar-refractivity contribution in [2.45, 2.75) is 10.9 Å². The third-order valence-corrected chi connectivity index (χ3v) is 5.00. The molecule has 3 heterocycles. The molecule has 4 aromatic rings. The summed E-state index contributed by atoms with van der Waals surface area (Å²) in [5.41, 5.74) is 2.73. The van der Waals surface area contributed by atoms with Crippen molar-refractivity contribution in [3.63, 3.8) is 0 Å². The fraction of sp³-hybridized carbons (Fsp3) is 0.167. The van der Waals surface area contributed by atoms with Crippen LogP contribution in [0.15, 0.2) is 59.4 Å². The maximum Gasteiger partial charge on any atom is 0.192 e. The number of hydrogen-bond acceptors (Lipinski definition) is 7. The molecule has 3 aromatic heterocycles. The van der Waals surface area contributed by atoms with Gasteiger partial charge in [-0.1, -0.05) is 17.8 Å². The van der Waals surface area contributed by atoms with Crippen LogP contribution >= 0.6 is 11.8 Å². The number of rotatable bonds is 6. The highest BCUT2D eigenvalue weighted by molar-refractivity contribution is 7.98. The number of imidazole rings is 1. The number of thioether (sulfide) groups is 1. The van der Waals surface area contributed by atoms with Crippen LogP contribution in [0, 0.1) is 4.91 Å². The molecule has 0 unspecified atom stereocenters. The zero-order valence-electron chi connectivity index (χ0n) is 14.7. The van der Waals surface area contributed by atoms with Crippen molar-refractivity contribution in [2.24, 2.45) is 12.2 Å². The summed E-state index contributed by atoms with van der Waals surface area (Å²) in [6.07, 6.45) is 5.58. The monoisotopic (exact) mass is 380 g/mol. The molecule has 0 radical (unpaired) electrons. The van der Waals surface area contributed by atoms with E-state index in [1.807, 2.05) is 46.8 Å². The van der Waals surface area contributed by atoms with Crippen LogP contribution in [0.3, 0.4) is 0 Å². The fourth-order valence-corrected chi connectivity index (χ4v) is 3.51. The van der Waals surface area contributed by atoms with Gasteiger partial charge >= 0.3 is 0 Å². The Morgan fingerprint density at radius 1 is 1.22 bits per heavy atom. The highest BCUT2D eigenvalue weighted by Crippen LogP contribution is 2.31. The van der Waals surface area contributed by atoms with Gasteiger partial charge in [0.1, 0.15) is 11.4 Å². The van der Waals surface area contributed by atoms with Crippen LogP contribution in [0.1, 0.15) is 5.56 Å². The third-order valence-electron chi connectivity index (χ3n) is 4.08. The Morgan fingerprint density at radius 2 is 2.04 bits per heavy atom. The Balaban J connectivity index is 1.66. The molecule has 1 aromatic carbocycles. The topological polar surface area (TPSA) is 87.2 Å². The van der Waals surface area contributed by atoms with Crippen molar-refractivity contribution >= 4 is 28.6 Å². The molecule has 0 saturated carbocycles. The first-order valence-electron chi connectivity index (χ1n) is 8.15. The molecule has 136 valence electrons. The Bertz CT molecular complexity index is 1110. The average Bonchev–Trinajstić information content (AvgIpc) is 3.36. The quantitative estimate of drug-likeness (QED) is 0.287. The maximum absolute atomic E-state index is 11.0. The lowest BCUT2D eigenvalue weighted by Crippen LogP contribution is -2.01. The van der Waals surface area contributed by atoms with E-state index >= 15 is 0 Å². The van der Waals surface area contributed by atoms with Crippen molar-refractivity contribution in [2.75, 3.05) is 7.11 Å². The zero-order valence-corrected chi connectivity index (χ0v) is 15.6. The lowest BCUT2D eigenvalue weighted by molar-refractivity contribution is 0.416. The molecular weight excluding hydrogens is 364 g/mol. The van der Waals surface area contributed by atoms with Gasteiger partial charge in [0.25, 0.3) is 0 Å². The number of ether oxygens (including phenoxy) is 1. The van der Waals surface area contributed by atoms with E-state index in [0.29, 0.717) is 16.7 Å². The highest BCUT2D eigenvalue weighted by Gasteiger charge is 2.14. The summed E-state index contributed by atoms with van der Waals surface area (Å²) in [6.45, 7) is 0. The van der Waals surface area contributed by atoms with E-state index in [4.69, 9.17) is 4.74 Å². The van der Waals surface area contributed by atoms with Gasteiger partial charge in [-0.15, -0.1) is 4.91 Å². The molecule has 0 bridgehead atoms. The van der Waals surface area contributed by atoms with Gasteiger partial charge in [-0.25, -0.2) is 15.0 Å². The first-order valence-corrected chi connectivity index (χ1v) is 9.13. The second-order valence-corrected chi connectivity index (χ2v) is 6.78. The minimum atomic E-state index is 0.284. The van der Waals surface area contributed by atoms with E-state index in [1.54, 1.807) is 18.5 Å². The Labute approximate surface area is 159 Å². The average molecular weight is 380 g/mol. The summed E-state index contributed by atoms with van der Waals surface area (Å²) in [7, 11) is 3.42.